The molecule has 27 heavy (non-hydrogen) atoms. The summed E-state index contributed by atoms with van der Waals surface area (Å²) >= 11 is 0. The Balaban J connectivity index is 1.89. The monoisotopic (exact) mass is 358 g/mol. The van der Waals surface area contributed by atoms with Crippen molar-refractivity contribution in [1.82, 2.24) is 14.8 Å². The van der Waals surface area contributed by atoms with Gasteiger partial charge in [-0.25, -0.2) is 9.67 Å². The number of rotatable bonds is 6. The van der Waals surface area contributed by atoms with Crippen molar-refractivity contribution in [2.24, 2.45) is 4.99 Å². The Morgan fingerprint density at radius 1 is 1.19 bits per heavy atom. The number of allylic oxidation sites excluding steroid dienone is 2. The molecule has 0 saturated carbocycles. The van der Waals surface area contributed by atoms with E-state index in [1.165, 1.54) is 6.20 Å². The third kappa shape index (κ3) is 4.39. The average Bonchev–Trinajstić information content (AvgIpc) is 3.10. The SMILES string of the molecule is C=CN=CC(=C(C)C)c1cccnc1Oc1ccc(-n2cc(C)cn2)cc1. The molecule has 5 nitrogen and oxygen atoms in total. The van der Waals surface area contributed by atoms with Crippen molar-refractivity contribution in [2.45, 2.75) is 20.8 Å². The van der Waals surface area contributed by atoms with Crippen LogP contribution in [0.15, 0.2) is 78.3 Å². The van der Waals surface area contributed by atoms with Crippen LogP contribution in [0, 0.1) is 6.92 Å². The van der Waals surface area contributed by atoms with E-state index in [9.17, 15) is 0 Å². The van der Waals surface area contributed by atoms with Crippen molar-refractivity contribution in [2.75, 3.05) is 0 Å². The molecule has 0 radical (unpaired) electrons. The van der Waals surface area contributed by atoms with Gasteiger partial charge in [0.1, 0.15) is 5.75 Å². The Hall–Kier alpha value is -3.47. The quantitative estimate of drug-likeness (QED) is 0.556. The van der Waals surface area contributed by atoms with Crippen LogP contribution in [-0.4, -0.2) is 21.0 Å². The number of aromatic nitrogens is 3. The molecular formula is C22H22N4O. The third-order valence-electron chi connectivity index (χ3n) is 3.94. The molecule has 2 aromatic heterocycles. The molecule has 0 fully saturated rings. The minimum atomic E-state index is 0.534. The zero-order valence-corrected chi connectivity index (χ0v) is 15.8. The smallest absolute Gasteiger partial charge is 0.227 e. The van der Waals surface area contributed by atoms with Crippen LogP contribution < -0.4 is 4.74 Å². The van der Waals surface area contributed by atoms with Gasteiger partial charge in [-0.05, 0) is 62.7 Å². The number of aryl methyl sites for hydroxylation is 1. The average molecular weight is 358 g/mol. The molecular weight excluding hydrogens is 336 g/mol. The highest BCUT2D eigenvalue weighted by atomic mass is 16.5. The Morgan fingerprint density at radius 3 is 2.59 bits per heavy atom. The van der Waals surface area contributed by atoms with Crippen molar-refractivity contribution >= 4 is 11.8 Å². The Bertz CT molecular complexity index is 993. The van der Waals surface area contributed by atoms with Gasteiger partial charge in [0.15, 0.2) is 0 Å². The second-order valence-electron chi connectivity index (χ2n) is 6.29. The fraction of sp³-hybridized carbons (Fsp3) is 0.136. The predicted octanol–water partition coefficient (Wildman–Crippen LogP) is 5.38. The van der Waals surface area contributed by atoms with E-state index in [2.05, 4.69) is 21.7 Å². The van der Waals surface area contributed by atoms with Crippen LogP contribution >= 0.6 is 0 Å². The Labute approximate surface area is 159 Å². The largest absolute Gasteiger partial charge is 0.438 e. The van der Waals surface area contributed by atoms with E-state index in [0.29, 0.717) is 11.6 Å². The van der Waals surface area contributed by atoms with E-state index in [0.717, 1.165) is 28.0 Å². The third-order valence-corrected chi connectivity index (χ3v) is 3.94. The Kier molecular flexibility index (Phi) is 5.61. The first kappa shape index (κ1) is 18.3. The van der Waals surface area contributed by atoms with Gasteiger partial charge >= 0.3 is 0 Å². The first-order chi connectivity index (χ1) is 13.1. The lowest BCUT2D eigenvalue weighted by Gasteiger charge is -2.12. The number of ether oxygens (including phenoxy) is 1. The predicted molar refractivity (Wildman–Crippen MR) is 110 cm³/mol. The lowest BCUT2D eigenvalue weighted by atomic mass is 10.0. The van der Waals surface area contributed by atoms with Crippen molar-refractivity contribution in [3.05, 3.63) is 84.5 Å². The van der Waals surface area contributed by atoms with Gasteiger partial charge < -0.3 is 4.74 Å². The highest BCUT2D eigenvalue weighted by molar-refractivity contribution is 6.11. The maximum absolute atomic E-state index is 6.05. The summed E-state index contributed by atoms with van der Waals surface area (Å²) in [7, 11) is 0. The van der Waals surface area contributed by atoms with Gasteiger partial charge in [0.25, 0.3) is 0 Å². The first-order valence-corrected chi connectivity index (χ1v) is 8.65. The molecule has 0 unspecified atom stereocenters. The molecule has 0 amide bonds. The molecule has 0 bridgehead atoms. The fourth-order valence-corrected chi connectivity index (χ4v) is 2.60. The zero-order chi connectivity index (χ0) is 19.2. The van der Waals surface area contributed by atoms with E-state index in [1.54, 1.807) is 12.4 Å². The molecule has 3 rings (SSSR count). The standard InChI is InChI=1S/C22H22N4O/c1-5-23-14-21(16(2)3)20-7-6-12-24-22(20)27-19-10-8-18(9-11-19)26-15-17(4)13-25-26/h5-15H,1H2,2-4H3. The fourth-order valence-electron chi connectivity index (χ4n) is 2.60. The van der Waals surface area contributed by atoms with Crippen LogP contribution in [0.5, 0.6) is 11.6 Å². The molecule has 0 aliphatic rings. The van der Waals surface area contributed by atoms with Crippen molar-refractivity contribution in [3.63, 3.8) is 0 Å². The summed E-state index contributed by atoms with van der Waals surface area (Å²) in [6, 6.07) is 11.6. The number of hydrogen-bond donors (Lipinski definition) is 0. The molecule has 0 N–H and O–H groups in total. The van der Waals surface area contributed by atoms with E-state index in [1.807, 2.05) is 74.2 Å². The topological polar surface area (TPSA) is 52.3 Å². The summed E-state index contributed by atoms with van der Waals surface area (Å²) < 4.78 is 7.89. The van der Waals surface area contributed by atoms with Crippen LogP contribution in [0.3, 0.4) is 0 Å². The van der Waals surface area contributed by atoms with E-state index >= 15 is 0 Å². The molecule has 0 aliphatic carbocycles. The number of pyridine rings is 1. The molecule has 136 valence electrons. The van der Waals surface area contributed by atoms with Crippen molar-refractivity contribution in [3.8, 4) is 17.3 Å². The summed E-state index contributed by atoms with van der Waals surface area (Å²) in [6.07, 6.45) is 8.81. The van der Waals surface area contributed by atoms with E-state index in [-0.39, 0.29) is 0 Å². The Morgan fingerprint density at radius 2 is 1.96 bits per heavy atom. The molecule has 0 aliphatic heterocycles. The molecule has 3 aromatic rings. The molecule has 0 atom stereocenters. The summed E-state index contributed by atoms with van der Waals surface area (Å²) in [5.41, 5.74) is 5.04. The number of aliphatic imine (C=N–C) groups is 1. The van der Waals surface area contributed by atoms with Gasteiger partial charge in [-0.3, -0.25) is 4.99 Å². The van der Waals surface area contributed by atoms with Gasteiger partial charge in [-0.15, -0.1) is 0 Å². The molecule has 1 aromatic carbocycles. The minimum Gasteiger partial charge on any atom is -0.438 e. The summed E-state index contributed by atoms with van der Waals surface area (Å²) in [5.74, 6) is 1.24. The normalized spacial score (nSPS) is 10.8. The second-order valence-corrected chi connectivity index (χ2v) is 6.29. The molecule has 0 spiro atoms. The van der Waals surface area contributed by atoms with Crippen LogP contribution in [0.4, 0.5) is 0 Å². The van der Waals surface area contributed by atoms with Gasteiger partial charge in [-0.1, -0.05) is 12.2 Å². The van der Waals surface area contributed by atoms with Crippen LogP contribution in [0.1, 0.15) is 25.0 Å². The summed E-state index contributed by atoms with van der Waals surface area (Å²) in [5, 5.41) is 4.32. The van der Waals surface area contributed by atoms with Crippen molar-refractivity contribution in [1.29, 1.82) is 0 Å². The van der Waals surface area contributed by atoms with E-state index < -0.39 is 0 Å². The molecule has 0 saturated heterocycles. The second kappa shape index (κ2) is 8.27. The lowest BCUT2D eigenvalue weighted by Crippen LogP contribution is -1.98. The van der Waals surface area contributed by atoms with Gasteiger partial charge in [0.2, 0.25) is 5.88 Å². The maximum atomic E-state index is 6.05. The minimum absolute atomic E-state index is 0.534. The highest BCUT2D eigenvalue weighted by Crippen LogP contribution is 2.29. The number of benzene rings is 1. The van der Waals surface area contributed by atoms with E-state index in [4.69, 9.17) is 4.74 Å². The molecule has 2 heterocycles. The summed E-state index contributed by atoms with van der Waals surface area (Å²) in [4.78, 5) is 8.56. The number of nitrogens with zero attached hydrogens (tertiary/aromatic N) is 4. The van der Waals surface area contributed by atoms with Crippen LogP contribution in [0.2, 0.25) is 0 Å². The lowest BCUT2D eigenvalue weighted by molar-refractivity contribution is 0.461. The van der Waals surface area contributed by atoms with Crippen molar-refractivity contribution < 1.29 is 4.74 Å². The molecule has 5 heteroatoms. The van der Waals surface area contributed by atoms with Crippen LogP contribution in [-0.2, 0) is 0 Å². The van der Waals surface area contributed by atoms with Crippen LogP contribution in [0.25, 0.3) is 11.3 Å². The zero-order valence-electron chi connectivity index (χ0n) is 15.8. The first-order valence-electron chi connectivity index (χ1n) is 8.65. The van der Waals surface area contributed by atoms with Gasteiger partial charge in [0, 0.05) is 35.9 Å². The summed E-state index contributed by atoms with van der Waals surface area (Å²) in [6.45, 7) is 9.71. The number of hydrogen-bond acceptors (Lipinski definition) is 4. The van der Waals surface area contributed by atoms with Gasteiger partial charge in [0.05, 0.1) is 11.9 Å². The highest BCUT2D eigenvalue weighted by Gasteiger charge is 2.11. The maximum Gasteiger partial charge on any atom is 0.227 e. The van der Waals surface area contributed by atoms with Gasteiger partial charge in [-0.2, -0.15) is 5.10 Å².